The van der Waals surface area contributed by atoms with Gasteiger partial charge in [0.25, 0.3) is 0 Å². The Labute approximate surface area is 439 Å². The van der Waals surface area contributed by atoms with Gasteiger partial charge < -0.3 is 14.5 Å². The van der Waals surface area contributed by atoms with Gasteiger partial charge in [0.05, 0.1) is 6.61 Å². The lowest BCUT2D eigenvalue weighted by atomic mass is 9.68. The molecular formula is C71H64N2O. The van der Waals surface area contributed by atoms with Crippen molar-refractivity contribution in [2.75, 3.05) is 16.4 Å². The van der Waals surface area contributed by atoms with E-state index < -0.39 is 0 Å². The maximum atomic E-state index is 6.27. The molecule has 0 bridgehead atoms. The highest BCUT2D eigenvalue weighted by atomic mass is 16.5. The van der Waals surface area contributed by atoms with Crippen molar-refractivity contribution in [1.29, 1.82) is 0 Å². The van der Waals surface area contributed by atoms with E-state index in [0.717, 1.165) is 85.0 Å². The van der Waals surface area contributed by atoms with E-state index in [1.54, 1.807) is 0 Å². The van der Waals surface area contributed by atoms with Crippen molar-refractivity contribution in [3.8, 4) is 39.1 Å². The molecule has 3 nitrogen and oxygen atoms in total. The largest absolute Gasteiger partial charge is 0.494 e. The average Bonchev–Trinajstić information content (AvgIpc) is 3.77. The van der Waals surface area contributed by atoms with Crippen LogP contribution in [0.4, 0.5) is 34.1 Å². The Morgan fingerprint density at radius 3 is 1.18 bits per heavy atom. The summed E-state index contributed by atoms with van der Waals surface area (Å²) in [6.07, 6.45) is 6.47. The third-order valence-electron chi connectivity index (χ3n) is 15.3. The second-order valence-corrected chi connectivity index (χ2v) is 19.8. The predicted molar refractivity (Wildman–Crippen MR) is 312 cm³/mol. The summed E-state index contributed by atoms with van der Waals surface area (Å²) in [5.74, 6) is 1.52. The van der Waals surface area contributed by atoms with Crippen molar-refractivity contribution in [3.63, 3.8) is 0 Å². The van der Waals surface area contributed by atoms with Gasteiger partial charge in [0.2, 0.25) is 0 Å². The molecule has 74 heavy (non-hydrogen) atoms. The Morgan fingerprint density at radius 2 is 0.757 bits per heavy atom. The number of anilines is 6. The summed E-state index contributed by atoms with van der Waals surface area (Å²) in [6.45, 7) is 5.26. The highest BCUT2D eigenvalue weighted by Crippen LogP contribution is 2.57. The molecule has 10 aromatic carbocycles. The quantitative estimate of drug-likeness (QED) is 0.0751. The fourth-order valence-electron chi connectivity index (χ4n) is 11.2. The summed E-state index contributed by atoms with van der Waals surface area (Å²) in [7, 11) is 0. The normalized spacial score (nSPS) is 12.6. The number of para-hydroxylation sites is 4. The maximum absolute atomic E-state index is 6.27. The molecule has 1 unspecified atom stereocenters. The Kier molecular flexibility index (Phi) is 14.3. The van der Waals surface area contributed by atoms with Gasteiger partial charge in [-0.15, -0.1) is 0 Å². The SMILES string of the molecule is CCC(C)c1ccc(OCCCCCCC2(c3ccccc3)c3cc(-c4ccc(N(c5ccccc5)c5ccccc5)cc4)ccc3-c3ccc(-c4ccc(N(c5ccccc5)c5ccccc5)cc4)cc32)cc1. The van der Waals surface area contributed by atoms with Crippen molar-refractivity contribution < 1.29 is 4.74 Å². The van der Waals surface area contributed by atoms with Crippen LogP contribution >= 0.6 is 0 Å². The van der Waals surface area contributed by atoms with Crippen LogP contribution in [-0.4, -0.2) is 6.61 Å². The topological polar surface area (TPSA) is 15.7 Å². The zero-order valence-electron chi connectivity index (χ0n) is 42.7. The predicted octanol–water partition coefficient (Wildman–Crippen LogP) is 19.8. The van der Waals surface area contributed by atoms with Gasteiger partial charge in [-0.25, -0.2) is 0 Å². The minimum Gasteiger partial charge on any atom is -0.494 e. The third kappa shape index (κ3) is 9.91. The third-order valence-corrected chi connectivity index (χ3v) is 15.3. The van der Waals surface area contributed by atoms with Crippen LogP contribution in [0.5, 0.6) is 5.75 Å². The number of hydrogen-bond acceptors (Lipinski definition) is 3. The molecule has 0 spiro atoms. The molecule has 10 aromatic rings. The molecule has 11 rings (SSSR count). The molecule has 0 amide bonds. The van der Waals surface area contributed by atoms with E-state index in [4.69, 9.17) is 4.74 Å². The molecule has 1 atom stereocenters. The second-order valence-electron chi connectivity index (χ2n) is 19.8. The first-order chi connectivity index (χ1) is 36.6. The van der Waals surface area contributed by atoms with Gasteiger partial charge in [0.15, 0.2) is 0 Å². The van der Waals surface area contributed by atoms with Crippen LogP contribution in [-0.2, 0) is 5.41 Å². The Bertz CT molecular complexity index is 3120. The second kappa shape index (κ2) is 22.2. The van der Waals surface area contributed by atoms with Crippen LogP contribution in [0, 0.1) is 0 Å². The van der Waals surface area contributed by atoms with E-state index >= 15 is 0 Å². The lowest BCUT2D eigenvalue weighted by Crippen LogP contribution is -2.27. The molecule has 0 heterocycles. The molecule has 0 N–H and O–H groups in total. The van der Waals surface area contributed by atoms with Gasteiger partial charge in [0.1, 0.15) is 5.75 Å². The molecular weight excluding hydrogens is 897 g/mol. The highest BCUT2D eigenvalue weighted by molar-refractivity contribution is 5.89. The van der Waals surface area contributed by atoms with Crippen molar-refractivity contribution in [1.82, 2.24) is 0 Å². The summed E-state index contributed by atoms with van der Waals surface area (Å²) in [6, 6.07) is 95.4. The Morgan fingerprint density at radius 1 is 0.378 bits per heavy atom. The van der Waals surface area contributed by atoms with E-state index in [1.165, 1.54) is 55.6 Å². The lowest BCUT2D eigenvalue weighted by molar-refractivity contribution is 0.303. The molecule has 1 aliphatic rings. The first-order valence-corrected chi connectivity index (χ1v) is 26.7. The van der Waals surface area contributed by atoms with Crippen LogP contribution in [0.3, 0.4) is 0 Å². The summed E-state index contributed by atoms with van der Waals surface area (Å²) in [4.78, 5) is 4.66. The fourth-order valence-corrected chi connectivity index (χ4v) is 11.2. The fraction of sp³-hybridized carbons (Fsp3) is 0.155. The molecule has 0 radical (unpaired) electrons. The average molecular weight is 961 g/mol. The maximum Gasteiger partial charge on any atom is 0.119 e. The monoisotopic (exact) mass is 961 g/mol. The van der Waals surface area contributed by atoms with Crippen molar-refractivity contribution in [3.05, 3.63) is 283 Å². The van der Waals surface area contributed by atoms with Gasteiger partial charge >= 0.3 is 0 Å². The van der Waals surface area contributed by atoms with Crippen molar-refractivity contribution in [2.24, 2.45) is 0 Å². The standard InChI is InChI=1S/C71H64N2O/c1-3-53(2)54-37-45-66(46-38-54)74-50-22-5-4-21-49-71(59-23-11-6-12-24-59)69-51-57(55-33-41-64(42-34-55)72(60-25-13-7-14-26-60)61-27-15-8-16-28-61)39-47-67(69)68-48-40-58(52-70(68)71)56-35-43-65(44-36-56)73(62-29-17-9-18-30-62)63-31-19-10-20-32-63/h6-20,23-48,51-53H,3-5,21-22,49-50H2,1-2H3. The Hall–Kier alpha value is -8.40. The van der Waals surface area contributed by atoms with Crippen LogP contribution in [0.25, 0.3) is 33.4 Å². The van der Waals surface area contributed by atoms with Crippen LogP contribution in [0.15, 0.2) is 261 Å². The van der Waals surface area contributed by atoms with Crippen molar-refractivity contribution >= 4 is 34.1 Å². The number of nitrogens with zero attached hydrogens (tertiary/aromatic N) is 2. The van der Waals surface area contributed by atoms with Gasteiger partial charge in [0, 0.05) is 39.5 Å². The summed E-state index contributed by atoms with van der Waals surface area (Å²) < 4.78 is 6.27. The first-order valence-electron chi connectivity index (χ1n) is 26.7. The summed E-state index contributed by atoms with van der Waals surface area (Å²) in [5, 5.41) is 0. The molecule has 3 heteroatoms. The molecule has 0 saturated heterocycles. The first kappa shape index (κ1) is 47.9. The minimum atomic E-state index is -0.361. The number of rotatable bonds is 19. The van der Waals surface area contributed by atoms with E-state index in [9.17, 15) is 0 Å². The number of fused-ring (bicyclic) bond motifs is 3. The number of benzene rings is 10. The van der Waals surface area contributed by atoms with E-state index in [-0.39, 0.29) is 5.41 Å². The molecule has 0 aromatic heterocycles. The van der Waals surface area contributed by atoms with Gasteiger partial charge in [-0.1, -0.05) is 197 Å². The molecule has 0 aliphatic heterocycles. The number of hydrogen-bond donors (Lipinski definition) is 0. The smallest absolute Gasteiger partial charge is 0.119 e. The molecule has 0 saturated carbocycles. The number of unbranched alkanes of at least 4 members (excludes halogenated alkanes) is 3. The highest BCUT2D eigenvalue weighted by Gasteiger charge is 2.44. The van der Waals surface area contributed by atoms with E-state index in [2.05, 4.69) is 285 Å². The lowest BCUT2D eigenvalue weighted by Gasteiger charge is -2.34. The molecule has 0 fully saturated rings. The van der Waals surface area contributed by atoms with E-state index in [1.807, 2.05) is 0 Å². The molecule has 1 aliphatic carbocycles. The minimum absolute atomic E-state index is 0.361. The summed E-state index contributed by atoms with van der Waals surface area (Å²) >= 11 is 0. The van der Waals surface area contributed by atoms with Gasteiger partial charge in [-0.2, -0.15) is 0 Å². The van der Waals surface area contributed by atoms with Crippen molar-refractivity contribution in [2.45, 2.75) is 63.7 Å². The zero-order valence-corrected chi connectivity index (χ0v) is 42.7. The van der Waals surface area contributed by atoms with Crippen LogP contribution in [0.1, 0.15) is 80.5 Å². The van der Waals surface area contributed by atoms with E-state index in [0.29, 0.717) is 5.92 Å². The van der Waals surface area contributed by atoms with Gasteiger partial charge in [-0.3, -0.25) is 0 Å². The summed E-state index contributed by atoms with van der Waals surface area (Å²) in [5.41, 5.74) is 19.4. The molecule has 364 valence electrons. The van der Waals surface area contributed by atoms with Crippen LogP contribution < -0.4 is 14.5 Å². The Balaban J connectivity index is 0.934. The van der Waals surface area contributed by atoms with Gasteiger partial charge in [-0.05, 0) is 178 Å². The van der Waals surface area contributed by atoms with Crippen LogP contribution in [0.2, 0.25) is 0 Å². The number of ether oxygens (including phenoxy) is 1. The zero-order chi connectivity index (χ0) is 50.1.